The van der Waals surface area contributed by atoms with Gasteiger partial charge in [-0.2, -0.15) is 10.2 Å². The minimum Gasteiger partial charge on any atom is -0.472 e. The van der Waals surface area contributed by atoms with Gasteiger partial charge in [0.1, 0.15) is 17.3 Å². The molecule has 8 nitrogen and oxygen atoms in total. The molecule has 0 spiro atoms. The van der Waals surface area contributed by atoms with Crippen molar-refractivity contribution in [3.8, 4) is 11.4 Å². The van der Waals surface area contributed by atoms with Crippen LogP contribution in [0.25, 0.3) is 22.4 Å². The molecule has 0 bridgehead atoms. The molecule has 0 saturated carbocycles. The van der Waals surface area contributed by atoms with E-state index in [2.05, 4.69) is 51.4 Å². The van der Waals surface area contributed by atoms with Gasteiger partial charge in [0, 0.05) is 6.20 Å². The molecule has 0 amide bonds. The van der Waals surface area contributed by atoms with E-state index in [-0.39, 0.29) is 5.54 Å². The van der Waals surface area contributed by atoms with Crippen LogP contribution in [0, 0.1) is 0 Å². The van der Waals surface area contributed by atoms with Crippen LogP contribution in [0.5, 0.6) is 0 Å². The summed E-state index contributed by atoms with van der Waals surface area (Å²) in [6.45, 7) is 6.29. The molecular formula is C16H17N7O. The highest BCUT2D eigenvalue weighted by Gasteiger charge is 2.16. The number of aromatic amines is 1. The van der Waals surface area contributed by atoms with Crippen molar-refractivity contribution in [3.63, 3.8) is 0 Å². The summed E-state index contributed by atoms with van der Waals surface area (Å²) in [6.07, 6.45) is 8.60. The second kappa shape index (κ2) is 5.19. The van der Waals surface area contributed by atoms with Crippen LogP contribution in [0.2, 0.25) is 0 Å². The third-order valence-electron chi connectivity index (χ3n) is 3.61. The summed E-state index contributed by atoms with van der Waals surface area (Å²) in [5.74, 6) is 1.21. The van der Waals surface area contributed by atoms with Crippen molar-refractivity contribution < 1.29 is 4.42 Å². The van der Waals surface area contributed by atoms with Gasteiger partial charge in [0.05, 0.1) is 35.4 Å². The first-order valence-electron chi connectivity index (χ1n) is 7.56. The Morgan fingerprint density at radius 3 is 2.79 bits per heavy atom. The Hall–Kier alpha value is -3.16. The summed E-state index contributed by atoms with van der Waals surface area (Å²) in [4.78, 5) is 9.09. The maximum atomic E-state index is 5.12. The van der Waals surface area contributed by atoms with E-state index in [1.807, 2.05) is 16.9 Å². The lowest BCUT2D eigenvalue weighted by molar-refractivity contribution is 0.355. The van der Waals surface area contributed by atoms with Crippen LogP contribution in [0.1, 0.15) is 20.8 Å². The zero-order valence-corrected chi connectivity index (χ0v) is 13.6. The maximum absolute atomic E-state index is 5.12. The van der Waals surface area contributed by atoms with Crippen molar-refractivity contribution in [1.82, 2.24) is 29.9 Å². The molecule has 0 aromatic carbocycles. The van der Waals surface area contributed by atoms with E-state index in [1.165, 1.54) is 0 Å². The summed E-state index contributed by atoms with van der Waals surface area (Å²) in [7, 11) is 0. The highest BCUT2D eigenvalue weighted by molar-refractivity contribution is 5.88. The average Bonchev–Trinajstić information content (AvgIpc) is 3.27. The number of rotatable bonds is 3. The summed E-state index contributed by atoms with van der Waals surface area (Å²) >= 11 is 0. The van der Waals surface area contributed by atoms with Gasteiger partial charge in [-0.3, -0.25) is 9.78 Å². The quantitative estimate of drug-likeness (QED) is 0.600. The van der Waals surface area contributed by atoms with Crippen molar-refractivity contribution in [2.24, 2.45) is 0 Å². The van der Waals surface area contributed by atoms with Crippen molar-refractivity contribution in [2.75, 3.05) is 5.32 Å². The van der Waals surface area contributed by atoms with Crippen molar-refractivity contribution >= 4 is 22.5 Å². The van der Waals surface area contributed by atoms with E-state index in [4.69, 9.17) is 4.42 Å². The van der Waals surface area contributed by atoms with Crippen LogP contribution < -0.4 is 5.32 Å². The van der Waals surface area contributed by atoms with E-state index >= 15 is 0 Å². The Balaban J connectivity index is 1.75. The molecule has 0 aliphatic heterocycles. The molecule has 8 heteroatoms. The van der Waals surface area contributed by atoms with Crippen LogP contribution in [0.3, 0.4) is 0 Å². The highest BCUT2D eigenvalue weighted by Crippen LogP contribution is 2.26. The zero-order valence-electron chi connectivity index (χ0n) is 13.6. The number of hydrogen-bond donors (Lipinski definition) is 2. The molecule has 0 unspecified atom stereocenters. The standard InChI is InChI=1S/C16H17N7O/c1-16(2,3)23-8-11(6-18-23)19-15-13-12(7-17-22-13)20-14(21-15)10-4-5-24-9-10/h4-9H,1-3H3,(H,17,22)(H,19,20,21). The van der Waals surface area contributed by atoms with E-state index in [0.717, 1.165) is 22.3 Å². The third-order valence-corrected chi connectivity index (χ3v) is 3.61. The Morgan fingerprint density at radius 1 is 1.21 bits per heavy atom. The first kappa shape index (κ1) is 14.4. The van der Waals surface area contributed by atoms with Crippen LogP contribution in [-0.2, 0) is 5.54 Å². The molecule has 0 radical (unpaired) electrons. The zero-order chi connectivity index (χ0) is 16.7. The summed E-state index contributed by atoms with van der Waals surface area (Å²) < 4.78 is 7.02. The molecule has 0 fully saturated rings. The van der Waals surface area contributed by atoms with Crippen molar-refractivity contribution in [2.45, 2.75) is 26.3 Å². The van der Waals surface area contributed by atoms with Gasteiger partial charge in [-0.1, -0.05) is 0 Å². The number of furan rings is 1. The van der Waals surface area contributed by atoms with E-state index in [9.17, 15) is 0 Å². The second-order valence-electron chi connectivity index (χ2n) is 6.51. The van der Waals surface area contributed by atoms with Crippen LogP contribution in [0.4, 0.5) is 11.5 Å². The van der Waals surface area contributed by atoms with Gasteiger partial charge >= 0.3 is 0 Å². The topological polar surface area (TPSA) is 97.5 Å². The molecule has 4 rings (SSSR count). The minimum atomic E-state index is -0.0864. The predicted molar refractivity (Wildman–Crippen MR) is 89.9 cm³/mol. The molecule has 2 N–H and O–H groups in total. The molecule has 122 valence electrons. The smallest absolute Gasteiger partial charge is 0.165 e. The monoisotopic (exact) mass is 323 g/mol. The summed E-state index contributed by atoms with van der Waals surface area (Å²) in [5, 5.41) is 14.7. The van der Waals surface area contributed by atoms with Gasteiger partial charge in [0.15, 0.2) is 11.6 Å². The maximum Gasteiger partial charge on any atom is 0.165 e. The van der Waals surface area contributed by atoms with Crippen LogP contribution in [0.15, 0.2) is 41.6 Å². The number of hydrogen-bond acceptors (Lipinski definition) is 6. The number of aromatic nitrogens is 6. The van der Waals surface area contributed by atoms with Crippen LogP contribution in [-0.4, -0.2) is 29.9 Å². The molecule has 4 heterocycles. The van der Waals surface area contributed by atoms with Gasteiger partial charge in [0.25, 0.3) is 0 Å². The normalized spacial score (nSPS) is 12.0. The van der Waals surface area contributed by atoms with Gasteiger partial charge in [-0.15, -0.1) is 0 Å². The van der Waals surface area contributed by atoms with Crippen molar-refractivity contribution in [3.05, 3.63) is 37.2 Å². The lowest BCUT2D eigenvalue weighted by Crippen LogP contribution is -2.21. The number of nitrogens with zero attached hydrogens (tertiary/aromatic N) is 5. The first-order chi connectivity index (χ1) is 11.5. The fourth-order valence-electron chi connectivity index (χ4n) is 2.34. The third kappa shape index (κ3) is 2.51. The molecule has 4 aromatic rings. The lowest BCUT2D eigenvalue weighted by atomic mass is 10.1. The Bertz CT molecular complexity index is 976. The molecule has 4 aromatic heterocycles. The van der Waals surface area contributed by atoms with Gasteiger partial charge in [0.2, 0.25) is 0 Å². The molecule has 0 aliphatic rings. The lowest BCUT2D eigenvalue weighted by Gasteiger charge is -2.18. The molecule has 0 aliphatic carbocycles. The summed E-state index contributed by atoms with van der Waals surface area (Å²) in [6, 6.07) is 1.82. The van der Waals surface area contributed by atoms with E-state index < -0.39 is 0 Å². The van der Waals surface area contributed by atoms with Gasteiger partial charge in [-0.25, -0.2) is 9.97 Å². The Kier molecular flexibility index (Phi) is 3.12. The van der Waals surface area contributed by atoms with Gasteiger partial charge < -0.3 is 9.73 Å². The van der Waals surface area contributed by atoms with Crippen LogP contribution >= 0.6 is 0 Å². The summed E-state index contributed by atoms with van der Waals surface area (Å²) in [5.41, 5.74) is 3.04. The number of nitrogens with one attached hydrogen (secondary N) is 2. The average molecular weight is 323 g/mol. The molecule has 0 saturated heterocycles. The van der Waals surface area contributed by atoms with Gasteiger partial charge in [-0.05, 0) is 26.8 Å². The van der Waals surface area contributed by atoms with Crippen molar-refractivity contribution in [1.29, 1.82) is 0 Å². The second-order valence-corrected chi connectivity index (χ2v) is 6.51. The minimum absolute atomic E-state index is 0.0864. The first-order valence-corrected chi connectivity index (χ1v) is 7.56. The SMILES string of the molecule is CC(C)(C)n1cc(Nc2nc(-c3ccoc3)nc3cn[nH]c23)cn1. The predicted octanol–water partition coefficient (Wildman–Crippen LogP) is 3.31. The number of anilines is 2. The fraction of sp³-hybridized carbons (Fsp3) is 0.250. The Morgan fingerprint density at radius 2 is 2.08 bits per heavy atom. The molecular weight excluding hydrogens is 306 g/mol. The van der Waals surface area contributed by atoms with E-state index in [0.29, 0.717) is 11.6 Å². The largest absolute Gasteiger partial charge is 0.472 e. The van der Waals surface area contributed by atoms with E-state index in [1.54, 1.807) is 24.9 Å². The number of fused-ring (bicyclic) bond motifs is 1. The molecule has 0 atom stereocenters. The fourth-order valence-corrected chi connectivity index (χ4v) is 2.34. The molecule has 24 heavy (non-hydrogen) atoms. The highest BCUT2D eigenvalue weighted by atomic mass is 16.3. The number of H-pyrrole nitrogens is 1. The Labute approximate surface area is 137 Å².